The fraction of sp³-hybridized carbons (Fsp3) is 0.650. The molecule has 0 aromatic carbocycles. The van der Waals surface area contributed by atoms with Crippen molar-refractivity contribution in [2.45, 2.75) is 72.9 Å². The van der Waals surface area contributed by atoms with Gasteiger partial charge in [0.15, 0.2) is 0 Å². The van der Waals surface area contributed by atoms with Gasteiger partial charge in [0.2, 0.25) is 5.91 Å². The third-order valence-electron chi connectivity index (χ3n) is 5.27. The molecule has 0 spiro atoms. The smallest absolute Gasteiger partial charge is 0.262 e. The number of hydrogen-bond acceptors (Lipinski definition) is 4. The summed E-state index contributed by atoms with van der Waals surface area (Å²) < 4.78 is 1.59. The standard InChI is InChI=1S/C20H29N3O2S/c1-13-14(2)26-18-17(13)19(25)22(12-21-18)10-8-16(24)23-9-6-7-15(23)11-20(3,4)5/h12,15H,6-11H2,1-5H3. The summed E-state index contributed by atoms with van der Waals surface area (Å²) in [7, 11) is 0. The summed E-state index contributed by atoms with van der Waals surface area (Å²) in [6, 6.07) is 0.335. The highest BCUT2D eigenvalue weighted by atomic mass is 32.1. The molecule has 1 unspecified atom stereocenters. The van der Waals surface area contributed by atoms with E-state index in [0.717, 1.165) is 41.1 Å². The first-order valence-corrected chi connectivity index (χ1v) is 10.2. The van der Waals surface area contributed by atoms with Crippen molar-refractivity contribution < 1.29 is 4.79 Å². The topological polar surface area (TPSA) is 55.2 Å². The minimum Gasteiger partial charge on any atom is -0.340 e. The van der Waals surface area contributed by atoms with Crippen LogP contribution < -0.4 is 5.56 Å². The number of likely N-dealkylation sites (tertiary alicyclic amines) is 1. The van der Waals surface area contributed by atoms with Crippen LogP contribution in [0.4, 0.5) is 0 Å². The molecule has 6 heteroatoms. The highest BCUT2D eigenvalue weighted by Crippen LogP contribution is 2.30. The van der Waals surface area contributed by atoms with Gasteiger partial charge in [0.1, 0.15) is 4.83 Å². The van der Waals surface area contributed by atoms with Gasteiger partial charge in [-0.1, -0.05) is 20.8 Å². The molecule has 26 heavy (non-hydrogen) atoms. The minimum atomic E-state index is -0.0303. The van der Waals surface area contributed by atoms with Gasteiger partial charge in [-0.15, -0.1) is 11.3 Å². The lowest BCUT2D eigenvalue weighted by molar-refractivity contribution is -0.132. The van der Waals surface area contributed by atoms with Crippen molar-refractivity contribution in [1.29, 1.82) is 0 Å². The largest absolute Gasteiger partial charge is 0.340 e. The molecule has 3 rings (SSSR count). The molecule has 0 bridgehead atoms. The first-order valence-electron chi connectivity index (χ1n) is 9.42. The molecule has 0 radical (unpaired) electrons. The van der Waals surface area contributed by atoms with Gasteiger partial charge in [0.05, 0.1) is 11.7 Å². The number of carbonyl (C=O) groups excluding carboxylic acids is 1. The summed E-state index contributed by atoms with van der Waals surface area (Å²) in [5.74, 6) is 0.155. The Bertz CT molecular complexity index is 876. The molecule has 0 N–H and O–H groups in total. The predicted octanol–water partition coefficient (Wildman–Crippen LogP) is 3.89. The molecular weight excluding hydrogens is 346 g/mol. The number of aryl methyl sites for hydroxylation is 3. The summed E-state index contributed by atoms with van der Waals surface area (Å²) >= 11 is 1.55. The molecule has 142 valence electrons. The Kier molecular flexibility index (Phi) is 5.24. The Hall–Kier alpha value is -1.69. The summed E-state index contributed by atoms with van der Waals surface area (Å²) in [4.78, 5) is 33.9. The zero-order valence-corrected chi connectivity index (χ0v) is 17.3. The second-order valence-electron chi connectivity index (χ2n) is 8.60. The van der Waals surface area contributed by atoms with Gasteiger partial charge in [-0.05, 0) is 44.1 Å². The van der Waals surface area contributed by atoms with Crippen LogP contribution in [0, 0.1) is 19.3 Å². The quantitative estimate of drug-likeness (QED) is 0.814. The zero-order chi connectivity index (χ0) is 19.1. The lowest BCUT2D eigenvalue weighted by Gasteiger charge is -2.30. The van der Waals surface area contributed by atoms with Crippen LogP contribution in [-0.4, -0.2) is 32.9 Å². The lowest BCUT2D eigenvalue weighted by atomic mass is 9.87. The maximum Gasteiger partial charge on any atom is 0.262 e. The number of aromatic nitrogens is 2. The van der Waals surface area contributed by atoms with E-state index in [9.17, 15) is 9.59 Å². The van der Waals surface area contributed by atoms with E-state index in [2.05, 4.69) is 25.8 Å². The average Bonchev–Trinajstić information content (AvgIpc) is 3.10. The highest BCUT2D eigenvalue weighted by molar-refractivity contribution is 7.18. The van der Waals surface area contributed by atoms with Crippen molar-refractivity contribution in [2.24, 2.45) is 5.41 Å². The van der Waals surface area contributed by atoms with Crippen molar-refractivity contribution in [2.75, 3.05) is 6.54 Å². The van der Waals surface area contributed by atoms with E-state index in [4.69, 9.17) is 0 Å². The third kappa shape index (κ3) is 3.85. The van der Waals surface area contributed by atoms with Gasteiger partial charge in [-0.3, -0.25) is 14.2 Å². The minimum absolute atomic E-state index is 0.0303. The summed E-state index contributed by atoms with van der Waals surface area (Å²) in [5, 5.41) is 0.703. The van der Waals surface area contributed by atoms with Crippen LogP contribution in [0.2, 0.25) is 0 Å². The molecule has 1 saturated heterocycles. The van der Waals surface area contributed by atoms with Gasteiger partial charge in [-0.2, -0.15) is 0 Å². The Morgan fingerprint density at radius 3 is 2.77 bits per heavy atom. The number of carbonyl (C=O) groups is 1. The van der Waals surface area contributed by atoms with Crippen molar-refractivity contribution in [1.82, 2.24) is 14.5 Å². The molecule has 0 saturated carbocycles. The number of hydrogen-bond donors (Lipinski definition) is 0. The van der Waals surface area contributed by atoms with Crippen LogP contribution >= 0.6 is 11.3 Å². The van der Waals surface area contributed by atoms with E-state index in [1.54, 1.807) is 22.2 Å². The molecule has 1 aliphatic heterocycles. The Morgan fingerprint density at radius 1 is 1.35 bits per heavy atom. The fourth-order valence-corrected chi connectivity index (χ4v) is 4.86. The van der Waals surface area contributed by atoms with Crippen LogP contribution in [0.1, 0.15) is 56.9 Å². The van der Waals surface area contributed by atoms with Crippen LogP contribution in [0.25, 0.3) is 10.2 Å². The summed E-state index contributed by atoms with van der Waals surface area (Å²) in [5.41, 5.74) is 1.19. The predicted molar refractivity (Wildman–Crippen MR) is 107 cm³/mol. The number of rotatable bonds is 4. The second-order valence-corrected chi connectivity index (χ2v) is 9.81. The van der Waals surface area contributed by atoms with Crippen LogP contribution in [-0.2, 0) is 11.3 Å². The molecule has 1 atom stereocenters. The SMILES string of the molecule is Cc1sc2ncn(CCC(=O)N3CCCC3CC(C)(C)C)c(=O)c2c1C. The Labute approximate surface area is 159 Å². The first-order chi connectivity index (χ1) is 12.2. The van der Waals surface area contributed by atoms with Crippen LogP contribution in [0.15, 0.2) is 11.1 Å². The maximum atomic E-state index is 12.8. The monoisotopic (exact) mass is 375 g/mol. The molecule has 0 aliphatic carbocycles. The Morgan fingerprint density at radius 2 is 2.08 bits per heavy atom. The fourth-order valence-electron chi connectivity index (χ4n) is 3.87. The van der Waals surface area contributed by atoms with Crippen molar-refractivity contribution in [3.05, 3.63) is 27.1 Å². The first kappa shape index (κ1) is 19.1. The highest BCUT2D eigenvalue weighted by Gasteiger charge is 2.31. The van der Waals surface area contributed by atoms with Gasteiger partial charge >= 0.3 is 0 Å². The number of thiophene rings is 1. The number of fused-ring (bicyclic) bond motifs is 1. The zero-order valence-electron chi connectivity index (χ0n) is 16.5. The normalized spacial score (nSPS) is 18.0. The molecule has 3 heterocycles. The van der Waals surface area contributed by atoms with E-state index >= 15 is 0 Å². The summed E-state index contributed by atoms with van der Waals surface area (Å²) in [6.45, 7) is 11.9. The van der Waals surface area contributed by atoms with Crippen molar-refractivity contribution in [3.8, 4) is 0 Å². The van der Waals surface area contributed by atoms with E-state index in [1.165, 1.54) is 0 Å². The van der Waals surface area contributed by atoms with E-state index in [-0.39, 0.29) is 16.9 Å². The third-order valence-corrected chi connectivity index (χ3v) is 6.38. The van der Waals surface area contributed by atoms with Crippen LogP contribution in [0.3, 0.4) is 0 Å². The van der Waals surface area contributed by atoms with Gasteiger partial charge in [-0.25, -0.2) is 4.98 Å². The molecule has 1 amide bonds. The maximum absolute atomic E-state index is 12.8. The van der Waals surface area contributed by atoms with Gasteiger partial charge in [0, 0.05) is 30.4 Å². The summed E-state index contributed by atoms with van der Waals surface area (Å²) in [6.07, 6.45) is 5.14. The van der Waals surface area contributed by atoms with E-state index in [0.29, 0.717) is 24.4 Å². The van der Waals surface area contributed by atoms with Gasteiger partial charge in [0.25, 0.3) is 5.56 Å². The van der Waals surface area contributed by atoms with Crippen molar-refractivity contribution in [3.63, 3.8) is 0 Å². The average molecular weight is 376 g/mol. The molecule has 2 aromatic heterocycles. The van der Waals surface area contributed by atoms with Gasteiger partial charge < -0.3 is 4.90 Å². The van der Waals surface area contributed by atoms with E-state index in [1.807, 2.05) is 18.7 Å². The van der Waals surface area contributed by atoms with Crippen LogP contribution in [0.5, 0.6) is 0 Å². The lowest BCUT2D eigenvalue weighted by Crippen LogP contribution is -2.38. The Balaban J connectivity index is 1.72. The molecule has 1 aliphatic rings. The van der Waals surface area contributed by atoms with E-state index < -0.39 is 0 Å². The molecular formula is C20H29N3O2S. The number of amides is 1. The molecule has 1 fully saturated rings. The second kappa shape index (κ2) is 7.14. The van der Waals surface area contributed by atoms with Crippen molar-refractivity contribution >= 4 is 27.5 Å². The molecule has 5 nitrogen and oxygen atoms in total. The number of nitrogens with zero attached hydrogens (tertiary/aromatic N) is 3. The molecule has 2 aromatic rings.